The molecule has 0 aromatic heterocycles. The highest BCUT2D eigenvalue weighted by molar-refractivity contribution is 6.42. The first-order valence-electron chi connectivity index (χ1n) is 6.16. The van der Waals surface area contributed by atoms with E-state index in [1.54, 1.807) is 18.2 Å². The normalized spacial score (nSPS) is 17.9. The largest absolute Gasteiger partial charge is 0.480 e. The van der Waals surface area contributed by atoms with Crippen LogP contribution in [0, 0.1) is 5.92 Å². The van der Waals surface area contributed by atoms with Gasteiger partial charge in [-0.3, -0.25) is 14.4 Å². The summed E-state index contributed by atoms with van der Waals surface area (Å²) in [5.41, 5.74) is 0.558. The smallest absolute Gasteiger partial charge is 0.322 e. The number of nitrogens with zero attached hydrogens (tertiary/aromatic N) is 1. The number of rotatable bonds is 4. The number of nitrogens with one attached hydrogen (secondary N) is 1. The summed E-state index contributed by atoms with van der Waals surface area (Å²) >= 11 is 11.7. The molecule has 0 saturated carbocycles. The second-order valence-electron chi connectivity index (χ2n) is 4.54. The minimum absolute atomic E-state index is 0.320. The predicted octanol–water partition coefficient (Wildman–Crippen LogP) is 1.55. The van der Waals surface area contributed by atoms with Crippen LogP contribution in [0.4, 0.5) is 5.69 Å². The molecule has 2 N–H and O–H groups in total. The summed E-state index contributed by atoms with van der Waals surface area (Å²) in [5.74, 6) is -2.99. The molecular weight excluding hydrogens is 319 g/mol. The van der Waals surface area contributed by atoms with Crippen molar-refractivity contribution in [3.63, 3.8) is 0 Å². The average molecular weight is 331 g/mol. The van der Waals surface area contributed by atoms with Crippen LogP contribution in [0.1, 0.15) is 6.42 Å². The van der Waals surface area contributed by atoms with Gasteiger partial charge in [0.15, 0.2) is 0 Å². The maximum Gasteiger partial charge on any atom is 0.322 e. The van der Waals surface area contributed by atoms with Gasteiger partial charge >= 0.3 is 5.97 Å². The lowest BCUT2D eigenvalue weighted by molar-refractivity contribution is -0.140. The number of carboxylic acid groups (broad SMARTS) is 1. The molecule has 6 nitrogen and oxygen atoms in total. The minimum Gasteiger partial charge on any atom is -0.480 e. The predicted molar refractivity (Wildman–Crippen MR) is 77.6 cm³/mol. The van der Waals surface area contributed by atoms with Crippen molar-refractivity contribution in [3.05, 3.63) is 28.2 Å². The van der Waals surface area contributed by atoms with Gasteiger partial charge in [-0.05, 0) is 24.6 Å². The fourth-order valence-electron chi connectivity index (χ4n) is 2.12. The number of halogens is 2. The van der Waals surface area contributed by atoms with Crippen LogP contribution >= 0.6 is 23.2 Å². The van der Waals surface area contributed by atoms with E-state index in [1.165, 1.54) is 4.90 Å². The Kier molecular flexibility index (Phi) is 4.69. The summed E-state index contributed by atoms with van der Waals surface area (Å²) in [5, 5.41) is 11.4. The number of carbonyl (C=O) groups excluding carboxylic acids is 2. The van der Waals surface area contributed by atoms with Crippen molar-refractivity contribution in [1.82, 2.24) is 5.32 Å². The second-order valence-corrected chi connectivity index (χ2v) is 5.36. The highest BCUT2D eigenvalue weighted by atomic mass is 35.5. The molecule has 21 heavy (non-hydrogen) atoms. The zero-order chi connectivity index (χ0) is 15.6. The van der Waals surface area contributed by atoms with Crippen molar-refractivity contribution in [3.8, 4) is 0 Å². The van der Waals surface area contributed by atoms with Gasteiger partial charge in [0, 0.05) is 12.2 Å². The van der Waals surface area contributed by atoms with Crippen LogP contribution in [0.15, 0.2) is 18.2 Å². The van der Waals surface area contributed by atoms with E-state index >= 15 is 0 Å². The molecule has 0 aliphatic carbocycles. The lowest BCUT2D eigenvalue weighted by atomic mass is 10.1. The van der Waals surface area contributed by atoms with E-state index in [1.807, 2.05) is 0 Å². The third kappa shape index (κ3) is 3.46. The maximum absolute atomic E-state index is 12.2. The zero-order valence-corrected chi connectivity index (χ0v) is 12.3. The first kappa shape index (κ1) is 15.6. The Morgan fingerprint density at radius 1 is 1.33 bits per heavy atom. The molecular formula is C13H12Cl2N2O4. The van der Waals surface area contributed by atoms with Gasteiger partial charge in [0.1, 0.15) is 12.5 Å². The van der Waals surface area contributed by atoms with Gasteiger partial charge in [-0.1, -0.05) is 23.2 Å². The fraction of sp³-hybridized carbons (Fsp3) is 0.308. The first-order valence-corrected chi connectivity index (χ1v) is 6.91. The maximum atomic E-state index is 12.2. The van der Waals surface area contributed by atoms with Crippen molar-refractivity contribution in [2.75, 3.05) is 18.0 Å². The molecule has 0 unspecified atom stereocenters. The number of hydrogen-bond acceptors (Lipinski definition) is 3. The lowest BCUT2D eigenvalue weighted by Gasteiger charge is -2.17. The summed E-state index contributed by atoms with van der Waals surface area (Å²) < 4.78 is 0. The van der Waals surface area contributed by atoms with Crippen molar-refractivity contribution in [2.45, 2.75) is 6.42 Å². The Hall–Kier alpha value is -1.79. The third-order valence-electron chi connectivity index (χ3n) is 3.15. The van der Waals surface area contributed by atoms with Crippen LogP contribution < -0.4 is 10.2 Å². The number of carbonyl (C=O) groups is 3. The molecule has 1 heterocycles. The number of anilines is 1. The summed E-state index contributed by atoms with van der Waals surface area (Å²) in [4.78, 5) is 35.9. The third-order valence-corrected chi connectivity index (χ3v) is 3.89. The number of aliphatic carboxylic acids is 1. The highest BCUT2D eigenvalue weighted by Crippen LogP contribution is 2.31. The molecule has 0 spiro atoms. The number of amides is 2. The molecule has 1 saturated heterocycles. The molecule has 1 fully saturated rings. The van der Waals surface area contributed by atoms with E-state index < -0.39 is 24.3 Å². The van der Waals surface area contributed by atoms with Gasteiger partial charge in [0.25, 0.3) is 0 Å². The van der Waals surface area contributed by atoms with E-state index in [0.717, 1.165) is 0 Å². The van der Waals surface area contributed by atoms with Gasteiger partial charge < -0.3 is 15.3 Å². The Morgan fingerprint density at radius 3 is 2.67 bits per heavy atom. The fourth-order valence-corrected chi connectivity index (χ4v) is 2.41. The molecule has 1 aliphatic heterocycles. The molecule has 0 bridgehead atoms. The monoisotopic (exact) mass is 330 g/mol. The van der Waals surface area contributed by atoms with E-state index in [9.17, 15) is 14.4 Å². The summed E-state index contributed by atoms with van der Waals surface area (Å²) in [6, 6.07) is 4.77. The quantitative estimate of drug-likeness (QED) is 0.820. The average Bonchev–Trinajstić information content (AvgIpc) is 2.81. The van der Waals surface area contributed by atoms with Crippen LogP contribution in [-0.2, 0) is 14.4 Å². The number of benzene rings is 1. The van der Waals surface area contributed by atoms with E-state index in [-0.39, 0.29) is 5.91 Å². The second kappa shape index (κ2) is 6.32. The van der Waals surface area contributed by atoms with Crippen molar-refractivity contribution < 1.29 is 19.5 Å². The van der Waals surface area contributed by atoms with Crippen LogP contribution in [0.5, 0.6) is 0 Å². The zero-order valence-electron chi connectivity index (χ0n) is 10.8. The van der Waals surface area contributed by atoms with E-state index in [4.69, 9.17) is 28.3 Å². The summed E-state index contributed by atoms with van der Waals surface area (Å²) in [6.07, 6.45) is 0.324. The molecule has 1 aromatic rings. The number of hydrogen-bond donors (Lipinski definition) is 2. The Morgan fingerprint density at radius 2 is 2.05 bits per heavy atom. The van der Waals surface area contributed by atoms with Crippen molar-refractivity contribution >= 4 is 46.7 Å². The molecule has 1 aromatic carbocycles. The molecule has 0 radical (unpaired) electrons. The minimum atomic E-state index is -1.16. The van der Waals surface area contributed by atoms with Crippen LogP contribution in [0.3, 0.4) is 0 Å². The highest BCUT2D eigenvalue weighted by Gasteiger charge is 2.37. The summed E-state index contributed by atoms with van der Waals surface area (Å²) in [6.45, 7) is -0.142. The van der Waals surface area contributed by atoms with Crippen LogP contribution in [-0.4, -0.2) is 36.0 Å². The van der Waals surface area contributed by atoms with Crippen LogP contribution in [0.2, 0.25) is 10.0 Å². The molecule has 8 heteroatoms. The van der Waals surface area contributed by atoms with Gasteiger partial charge in [0.2, 0.25) is 11.8 Å². The topological polar surface area (TPSA) is 86.7 Å². The Balaban J connectivity index is 2.08. The van der Waals surface area contributed by atoms with Gasteiger partial charge in [-0.15, -0.1) is 0 Å². The molecule has 2 amide bonds. The molecule has 2 rings (SSSR count). The van der Waals surface area contributed by atoms with Crippen LogP contribution in [0.25, 0.3) is 0 Å². The number of carboxylic acids is 1. The molecule has 1 atom stereocenters. The molecule has 112 valence electrons. The van der Waals surface area contributed by atoms with E-state index in [2.05, 4.69) is 5.32 Å². The van der Waals surface area contributed by atoms with E-state index in [0.29, 0.717) is 28.7 Å². The molecule has 1 aliphatic rings. The summed E-state index contributed by atoms with van der Waals surface area (Å²) in [7, 11) is 0. The Bertz CT molecular complexity index is 606. The van der Waals surface area contributed by atoms with Gasteiger partial charge in [-0.25, -0.2) is 0 Å². The van der Waals surface area contributed by atoms with Gasteiger partial charge in [-0.2, -0.15) is 0 Å². The lowest BCUT2D eigenvalue weighted by Crippen LogP contribution is -2.38. The Labute approximate surface area is 130 Å². The van der Waals surface area contributed by atoms with Crippen molar-refractivity contribution in [2.24, 2.45) is 5.92 Å². The van der Waals surface area contributed by atoms with Gasteiger partial charge in [0.05, 0.1) is 10.0 Å². The van der Waals surface area contributed by atoms with Crippen molar-refractivity contribution in [1.29, 1.82) is 0 Å². The first-order chi connectivity index (χ1) is 9.90. The standard InChI is InChI=1S/C13H12Cl2N2O4/c14-9-2-1-7(5-10(9)15)17-4-3-8(13(17)21)12(20)16-6-11(18)19/h1-2,5,8H,3-4,6H2,(H,16,20)(H,18,19)/t8-/m0/s1. The SMILES string of the molecule is O=C(O)CNC(=O)[C@@H]1CCN(c2ccc(Cl)c(Cl)c2)C1=O.